The van der Waals surface area contributed by atoms with Gasteiger partial charge in [-0.25, -0.2) is 0 Å². The molecule has 1 aromatic rings. The molecule has 0 saturated carbocycles. The third kappa shape index (κ3) is 3.71. The van der Waals surface area contributed by atoms with Crippen molar-refractivity contribution in [1.29, 1.82) is 0 Å². The summed E-state index contributed by atoms with van der Waals surface area (Å²) in [7, 11) is 1.99. The van der Waals surface area contributed by atoms with Crippen LogP contribution in [0.2, 0.25) is 0 Å². The van der Waals surface area contributed by atoms with Crippen molar-refractivity contribution in [2.75, 3.05) is 7.05 Å². The molecule has 0 radical (unpaired) electrons. The van der Waals surface area contributed by atoms with Gasteiger partial charge in [0.15, 0.2) is 0 Å². The summed E-state index contributed by atoms with van der Waals surface area (Å²) in [4.78, 5) is 0. The van der Waals surface area contributed by atoms with Gasteiger partial charge in [-0.1, -0.05) is 27.7 Å². The van der Waals surface area contributed by atoms with Gasteiger partial charge in [-0.3, -0.25) is 0 Å². The fourth-order valence-corrected chi connectivity index (χ4v) is 1.73. The first-order valence-corrected chi connectivity index (χ1v) is 5.72. The number of nitrogens with one attached hydrogen (secondary N) is 1. The van der Waals surface area contributed by atoms with Crippen LogP contribution in [0.25, 0.3) is 0 Å². The van der Waals surface area contributed by atoms with Crippen LogP contribution in [-0.4, -0.2) is 7.05 Å². The van der Waals surface area contributed by atoms with Crippen LogP contribution in [0.3, 0.4) is 0 Å². The molecule has 0 saturated heterocycles. The highest BCUT2D eigenvalue weighted by Crippen LogP contribution is 2.30. The van der Waals surface area contributed by atoms with Crippen LogP contribution in [0.5, 0.6) is 0 Å². The Morgan fingerprint density at radius 3 is 2.40 bits per heavy atom. The van der Waals surface area contributed by atoms with E-state index in [-0.39, 0.29) is 0 Å². The molecule has 0 aliphatic heterocycles. The van der Waals surface area contributed by atoms with Crippen LogP contribution in [-0.2, 0) is 6.42 Å². The van der Waals surface area contributed by atoms with Gasteiger partial charge in [0.2, 0.25) is 0 Å². The van der Waals surface area contributed by atoms with Crippen LogP contribution in [0, 0.1) is 5.41 Å². The molecule has 86 valence electrons. The van der Waals surface area contributed by atoms with Crippen LogP contribution in [0.1, 0.15) is 51.7 Å². The zero-order chi connectivity index (χ0) is 11.5. The van der Waals surface area contributed by atoms with Crippen molar-refractivity contribution < 1.29 is 4.42 Å². The maximum Gasteiger partial charge on any atom is 0.121 e. The summed E-state index contributed by atoms with van der Waals surface area (Å²) in [5.74, 6) is 2.13. The summed E-state index contributed by atoms with van der Waals surface area (Å²) in [6, 6.07) is 4.49. The molecule has 2 heteroatoms. The number of furan rings is 1. The van der Waals surface area contributed by atoms with Gasteiger partial charge in [-0.15, -0.1) is 0 Å². The Labute approximate surface area is 93.1 Å². The Kier molecular flexibility index (Phi) is 3.97. The molecule has 0 aliphatic rings. The van der Waals surface area contributed by atoms with E-state index in [1.165, 1.54) is 0 Å². The largest absolute Gasteiger partial charge is 0.464 e. The normalized spacial score (nSPS) is 14.2. The molecule has 1 heterocycles. The summed E-state index contributed by atoms with van der Waals surface area (Å²) >= 11 is 0. The molecule has 1 unspecified atom stereocenters. The fraction of sp³-hybridized carbons (Fsp3) is 0.692. The van der Waals surface area contributed by atoms with Crippen molar-refractivity contribution in [2.24, 2.45) is 5.41 Å². The molecule has 0 fully saturated rings. The van der Waals surface area contributed by atoms with E-state index >= 15 is 0 Å². The Morgan fingerprint density at radius 2 is 2.00 bits per heavy atom. The summed E-state index contributed by atoms with van der Waals surface area (Å²) in [5, 5.41) is 3.32. The van der Waals surface area contributed by atoms with E-state index in [4.69, 9.17) is 4.42 Å². The summed E-state index contributed by atoms with van der Waals surface area (Å²) in [6.45, 7) is 8.86. The second-order valence-electron chi connectivity index (χ2n) is 5.26. The van der Waals surface area contributed by atoms with Crippen molar-refractivity contribution in [3.8, 4) is 0 Å². The first-order chi connectivity index (χ1) is 6.96. The average molecular weight is 209 g/mol. The third-order valence-corrected chi connectivity index (χ3v) is 2.54. The molecular formula is C13H23NO. The topological polar surface area (TPSA) is 25.2 Å². The standard InChI is InChI=1S/C13H23NO/c1-6-10-7-8-12(15-10)11(14-5)9-13(2,3)4/h7-8,11,14H,6,9H2,1-5H3. The SMILES string of the molecule is CCc1ccc(C(CC(C)(C)C)NC)o1. The second-order valence-corrected chi connectivity index (χ2v) is 5.26. The van der Waals surface area contributed by atoms with E-state index in [0.29, 0.717) is 11.5 Å². The molecule has 0 spiro atoms. The van der Waals surface area contributed by atoms with E-state index in [1.807, 2.05) is 7.05 Å². The predicted octanol–water partition coefficient (Wildman–Crippen LogP) is 3.54. The predicted molar refractivity (Wildman–Crippen MR) is 64.0 cm³/mol. The van der Waals surface area contributed by atoms with Gasteiger partial charge >= 0.3 is 0 Å². The lowest BCUT2D eigenvalue weighted by Gasteiger charge is -2.24. The number of rotatable bonds is 4. The van der Waals surface area contributed by atoms with Gasteiger partial charge in [0, 0.05) is 6.42 Å². The van der Waals surface area contributed by atoms with Crippen molar-refractivity contribution in [3.63, 3.8) is 0 Å². The molecule has 1 N–H and O–H groups in total. The van der Waals surface area contributed by atoms with Gasteiger partial charge in [0.25, 0.3) is 0 Å². The minimum Gasteiger partial charge on any atom is -0.464 e. The van der Waals surface area contributed by atoms with E-state index in [2.05, 4.69) is 45.1 Å². The number of hydrogen-bond donors (Lipinski definition) is 1. The van der Waals surface area contributed by atoms with Crippen molar-refractivity contribution >= 4 is 0 Å². The average Bonchev–Trinajstić information content (AvgIpc) is 2.60. The summed E-state index contributed by atoms with van der Waals surface area (Å²) in [6.07, 6.45) is 2.05. The van der Waals surface area contributed by atoms with Gasteiger partial charge in [-0.05, 0) is 31.0 Å². The molecule has 0 amide bonds. The molecule has 15 heavy (non-hydrogen) atoms. The molecule has 0 aliphatic carbocycles. The Bertz CT molecular complexity index is 296. The van der Waals surface area contributed by atoms with Crippen molar-refractivity contribution in [3.05, 3.63) is 23.7 Å². The van der Waals surface area contributed by atoms with Crippen molar-refractivity contribution in [1.82, 2.24) is 5.32 Å². The lowest BCUT2D eigenvalue weighted by molar-refractivity contribution is 0.289. The smallest absolute Gasteiger partial charge is 0.121 e. The molecule has 1 atom stereocenters. The highest BCUT2D eigenvalue weighted by Gasteiger charge is 2.21. The Hall–Kier alpha value is -0.760. The van der Waals surface area contributed by atoms with Gasteiger partial charge < -0.3 is 9.73 Å². The maximum absolute atomic E-state index is 5.77. The zero-order valence-electron chi connectivity index (χ0n) is 10.6. The highest BCUT2D eigenvalue weighted by atomic mass is 16.3. The molecule has 1 rings (SSSR count). The van der Waals surface area contributed by atoms with Crippen LogP contribution in [0.4, 0.5) is 0 Å². The summed E-state index contributed by atoms with van der Waals surface area (Å²) in [5.41, 5.74) is 0.312. The second kappa shape index (κ2) is 4.84. The molecular weight excluding hydrogens is 186 g/mol. The molecule has 0 aromatic carbocycles. The quantitative estimate of drug-likeness (QED) is 0.820. The van der Waals surface area contributed by atoms with E-state index < -0.39 is 0 Å². The van der Waals surface area contributed by atoms with Gasteiger partial charge in [-0.2, -0.15) is 0 Å². The first kappa shape index (κ1) is 12.3. The minimum absolute atomic E-state index is 0.312. The van der Waals surface area contributed by atoms with Crippen LogP contribution in [0.15, 0.2) is 16.5 Å². The molecule has 2 nitrogen and oxygen atoms in total. The maximum atomic E-state index is 5.77. The number of hydrogen-bond acceptors (Lipinski definition) is 2. The minimum atomic E-state index is 0.312. The first-order valence-electron chi connectivity index (χ1n) is 5.72. The highest BCUT2D eigenvalue weighted by molar-refractivity contribution is 5.11. The lowest BCUT2D eigenvalue weighted by Crippen LogP contribution is -2.22. The zero-order valence-corrected chi connectivity index (χ0v) is 10.6. The Balaban J connectivity index is 2.74. The van der Waals surface area contributed by atoms with E-state index in [0.717, 1.165) is 24.4 Å². The fourth-order valence-electron chi connectivity index (χ4n) is 1.73. The molecule has 1 aromatic heterocycles. The Morgan fingerprint density at radius 1 is 1.33 bits per heavy atom. The van der Waals surface area contributed by atoms with Crippen LogP contribution < -0.4 is 5.32 Å². The molecule has 0 bridgehead atoms. The number of aryl methyl sites for hydroxylation is 1. The van der Waals surface area contributed by atoms with E-state index in [1.54, 1.807) is 0 Å². The van der Waals surface area contributed by atoms with Crippen molar-refractivity contribution in [2.45, 2.75) is 46.6 Å². The van der Waals surface area contributed by atoms with Gasteiger partial charge in [0.1, 0.15) is 11.5 Å². The van der Waals surface area contributed by atoms with E-state index in [9.17, 15) is 0 Å². The lowest BCUT2D eigenvalue weighted by atomic mass is 9.87. The third-order valence-electron chi connectivity index (χ3n) is 2.54. The van der Waals surface area contributed by atoms with Crippen LogP contribution >= 0.6 is 0 Å². The van der Waals surface area contributed by atoms with Gasteiger partial charge in [0.05, 0.1) is 6.04 Å². The monoisotopic (exact) mass is 209 g/mol. The summed E-state index contributed by atoms with van der Waals surface area (Å²) < 4.78 is 5.77.